The summed E-state index contributed by atoms with van der Waals surface area (Å²) in [6.45, 7) is 0. The van der Waals surface area contributed by atoms with Gasteiger partial charge >= 0.3 is 0 Å². The van der Waals surface area contributed by atoms with E-state index in [1.165, 1.54) is 25.3 Å². The highest BCUT2D eigenvalue weighted by atomic mass is 19.1. The van der Waals surface area contributed by atoms with Gasteiger partial charge in [-0.15, -0.1) is 0 Å². The van der Waals surface area contributed by atoms with Gasteiger partial charge in [0.15, 0.2) is 0 Å². The molecule has 0 aliphatic heterocycles. The van der Waals surface area contributed by atoms with E-state index in [1.54, 1.807) is 30.6 Å². The third-order valence-corrected chi connectivity index (χ3v) is 4.78. The van der Waals surface area contributed by atoms with E-state index in [1.807, 2.05) is 18.2 Å². The van der Waals surface area contributed by atoms with Crippen LogP contribution in [0.5, 0.6) is 0 Å². The van der Waals surface area contributed by atoms with Crippen LogP contribution >= 0.6 is 0 Å². The van der Waals surface area contributed by atoms with Gasteiger partial charge in [0.25, 0.3) is 0 Å². The summed E-state index contributed by atoms with van der Waals surface area (Å²) < 4.78 is 14.0. The average molecular weight is 363 g/mol. The number of pyridine rings is 1. The summed E-state index contributed by atoms with van der Waals surface area (Å²) in [6, 6.07) is 12.6. The van der Waals surface area contributed by atoms with Crippen molar-refractivity contribution in [1.29, 1.82) is 0 Å². The van der Waals surface area contributed by atoms with Gasteiger partial charge in [-0.25, -0.2) is 9.37 Å². The van der Waals surface area contributed by atoms with E-state index in [-0.39, 0.29) is 5.82 Å². The molecule has 5 nitrogen and oxygen atoms in total. The van der Waals surface area contributed by atoms with Crippen LogP contribution in [0.1, 0.15) is 32.1 Å². The Bertz CT molecular complexity index is 894. The maximum atomic E-state index is 14.0. The normalized spacial score (nSPS) is 14.7. The Labute approximate surface area is 158 Å². The molecule has 0 spiro atoms. The zero-order valence-corrected chi connectivity index (χ0v) is 15.0. The van der Waals surface area contributed by atoms with Crippen LogP contribution in [0.3, 0.4) is 0 Å². The maximum Gasteiger partial charge on any atom is 0.225 e. The molecule has 2 N–H and O–H groups in total. The lowest BCUT2D eigenvalue weighted by Gasteiger charge is -2.23. The smallest absolute Gasteiger partial charge is 0.225 e. The molecule has 1 aliphatic carbocycles. The van der Waals surface area contributed by atoms with Gasteiger partial charge in [-0.05, 0) is 37.1 Å². The number of hydrogen-bond acceptors (Lipinski definition) is 5. The van der Waals surface area contributed by atoms with Crippen molar-refractivity contribution in [2.45, 2.75) is 38.1 Å². The predicted octanol–water partition coefficient (Wildman–Crippen LogP) is 5.17. The molecule has 0 saturated heterocycles. The van der Waals surface area contributed by atoms with Crippen LogP contribution in [-0.2, 0) is 0 Å². The summed E-state index contributed by atoms with van der Waals surface area (Å²) in [6.07, 6.45) is 9.45. The first-order chi connectivity index (χ1) is 13.3. The standard InChI is InChI=1S/C21H22FN5/c22-17-8-4-5-9-18(17)25-20-14-19(15-10-12-23-13-11-15)26-21(27-20)24-16-6-2-1-3-7-16/h4-5,8-14,16H,1-3,6-7H2,(H2,24,25,26,27). The lowest BCUT2D eigenvalue weighted by molar-refractivity contribution is 0.461. The van der Waals surface area contributed by atoms with E-state index in [0.717, 1.165) is 24.1 Å². The van der Waals surface area contributed by atoms with Crippen LogP contribution in [0.2, 0.25) is 0 Å². The highest BCUT2D eigenvalue weighted by Gasteiger charge is 2.16. The van der Waals surface area contributed by atoms with Gasteiger partial charge in [0, 0.05) is 30.1 Å². The Morgan fingerprint density at radius 3 is 2.48 bits per heavy atom. The Morgan fingerprint density at radius 2 is 1.70 bits per heavy atom. The Hall–Kier alpha value is -3.02. The van der Waals surface area contributed by atoms with Gasteiger partial charge in [0.2, 0.25) is 5.95 Å². The lowest BCUT2D eigenvalue weighted by Crippen LogP contribution is -2.23. The Balaban J connectivity index is 1.66. The molecule has 1 fully saturated rings. The first kappa shape index (κ1) is 17.4. The summed E-state index contributed by atoms with van der Waals surface area (Å²) in [7, 11) is 0. The molecule has 1 aromatic carbocycles. The summed E-state index contributed by atoms with van der Waals surface area (Å²) in [5.74, 6) is 0.804. The van der Waals surface area contributed by atoms with E-state index in [0.29, 0.717) is 23.5 Å². The molecule has 4 rings (SSSR count). The molecule has 6 heteroatoms. The van der Waals surface area contributed by atoms with Gasteiger partial charge in [0.1, 0.15) is 11.6 Å². The molecule has 0 radical (unpaired) electrons. The van der Waals surface area contributed by atoms with E-state index >= 15 is 0 Å². The molecule has 0 unspecified atom stereocenters. The fraction of sp³-hybridized carbons (Fsp3) is 0.286. The van der Waals surface area contributed by atoms with Crippen molar-refractivity contribution in [1.82, 2.24) is 15.0 Å². The molecule has 27 heavy (non-hydrogen) atoms. The lowest BCUT2D eigenvalue weighted by atomic mass is 9.96. The van der Waals surface area contributed by atoms with Crippen LogP contribution < -0.4 is 10.6 Å². The van der Waals surface area contributed by atoms with Crippen molar-refractivity contribution in [3.63, 3.8) is 0 Å². The highest BCUT2D eigenvalue weighted by Crippen LogP contribution is 2.26. The second-order valence-corrected chi connectivity index (χ2v) is 6.78. The average Bonchev–Trinajstić information content (AvgIpc) is 2.71. The van der Waals surface area contributed by atoms with Gasteiger partial charge < -0.3 is 10.6 Å². The summed E-state index contributed by atoms with van der Waals surface area (Å²) in [4.78, 5) is 13.3. The van der Waals surface area contributed by atoms with E-state index in [2.05, 4.69) is 25.6 Å². The molecule has 3 aromatic rings. The largest absolute Gasteiger partial charge is 0.351 e. The predicted molar refractivity (Wildman–Crippen MR) is 105 cm³/mol. The summed E-state index contributed by atoms with van der Waals surface area (Å²) >= 11 is 0. The van der Waals surface area contributed by atoms with Gasteiger partial charge in [-0.1, -0.05) is 31.4 Å². The molecular formula is C21H22FN5. The van der Waals surface area contributed by atoms with E-state index < -0.39 is 0 Å². The van der Waals surface area contributed by atoms with Crippen molar-refractivity contribution in [3.05, 3.63) is 60.7 Å². The molecule has 2 heterocycles. The second-order valence-electron chi connectivity index (χ2n) is 6.78. The van der Waals surface area contributed by atoms with Crippen LogP contribution in [0, 0.1) is 5.82 Å². The summed E-state index contributed by atoms with van der Waals surface area (Å²) in [5.41, 5.74) is 2.10. The Morgan fingerprint density at radius 1 is 0.926 bits per heavy atom. The van der Waals surface area contributed by atoms with E-state index in [4.69, 9.17) is 0 Å². The molecule has 1 aliphatic rings. The third-order valence-electron chi connectivity index (χ3n) is 4.78. The first-order valence-electron chi connectivity index (χ1n) is 9.35. The number of hydrogen-bond donors (Lipinski definition) is 2. The molecule has 138 valence electrons. The minimum atomic E-state index is -0.316. The van der Waals surface area contributed by atoms with Crippen molar-refractivity contribution in [2.75, 3.05) is 10.6 Å². The fourth-order valence-corrected chi connectivity index (χ4v) is 3.38. The Kier molecular flexibility index (Phi) is 5.23. The van der Waals surface area contributed by atoms with Crippen molar-refractivity contribution in [3.8, 4) is 11.3 Å². The van der Waals surface area contributed by atoms with Gasteiger partial charge in [-0.3, -0.25) is 4.98 Å². The minimum Gasteiger partial charge on any atom is -0.351 e. The maximum absolute atomic E-state index is 14.0. The number of benzene rings is 1. The molecular weight excluding hydrogens is 341 g/mol. The van der Waals surface area contributed by atoms with E-state index in [9.17, 15) is 4.39 Å². The minimum absolute atomic E-state index is 0.316. The molecule has 1 saturated carbocycles. The van der Waals surface area contributed by atoms with Crippen molar-refractivity contribution >= 4 is 17.5 Å². The number of anilines is 3. The number of rotatable bonds is 5. The molecule has 0 bridgehead atoms. The number of halogens is 1. The number of para-hydroxylation sites is 1. The van der Waals surface area contributed by atoms with Crippen LogP contribution in [0.15, 0.2) is 54.9 Å². The third kappa shape index (κ3) is 4.39. The van der Waals surface area contributed by atoms with Crippen LogP contribution in [0.25, 0.3) is 11.3 Å². The molecule has 0 amide bonds. The van der Waals surface area contributed by atoms with Crippen LogP contribution in [0.4, 0.5) is 21.8 Å². The molecule has 2 aromatic heterocycles. The fourth-order valence-electron chi connectivity index (χ4n) is 3.38. The molecule has 0 atom stereocenters. The summed E-state index contributed by atoms with van der Waals surface area (Å²) in [5, 5.41) is 6.54. The van der Waals surface area contributed by atoms with Gasteiger partial charge in [0.05, 0.1) is 11.4 Å². The zero-order valence-electron chi connectivity index (χ0n) is 15.0. The van der Waals surface area contributed by atoms with Crippen molar-refractivity contribution in [2.24, 2.45) is 0 Å². The quantitative estimate of drug-likeness (QED) is 0.655. The van der Waals surface area contributed by atoms with Gasteiger partial charge in [-0.2, -0.15) is 4.98 Å². The highest BCUT2D eigenvalue weighted by molar-refractivity contribution is 5.67. The zero-order chi connectivity index (χ0) is 18.5. The first-order valence-corrected chi connectivity index (χ1v) is 9.35. The number of nitrogens with one attached hydrogen (secondary N) is 2. The number of nitrogens with zero attached hydrogens (tertiary/aromatic N) is 3. The van der Waals surface area contributed by atoms with Crippen LogP contribution in [-0.4, -0.2) is 21.0 Å². The van der Waals surface area contributed by atoms with Crippen molar-refractivity contribution < 1.29 is 4.39 Å². The second kappa shape index (κ2) is 8.12. The SMILES string of the molecule is Fc1ccccc1Nc1cc(-c2ccncc2)nc(NC2CCCCC2)n1. The topological polar surface area (TPSA) is 62.7 Å². The number of aromatic nitrogens is 3. The monoisotopic (exact) mass is 363 g/mol.